The van der Waals surface area contributed by atoms with Crippen LogP contribution < -0.4 is 0 Å². The molecule has 0 spiro atoms. The number of carbonyl (C=O) groups excluding carboxylic acids is 1. The van der Waals surface area contributed by atoms with E-state index in [9.17, 15) is 15.2 Å². The van der Waals surface area contributed by atoms with Gasteiger partial charge in [0.25, 0.3) is 0 Å². The zero-order valence-electron chi connectivity index (χ0n) is 20.3. The van der Waals surface area contributed by atoms with E-state index in [0.29, 0.717) is 18.3 Å². The Balaban J connectivity index is 1.65. The Hall–Kier alpha value is -0.710. The van der Waals surface area contributed by atoms with Crippen LogP contribution in [0.2, 0.25) is 0 Å². The number of aliphatic hydroxyl groups is 1. The minimum atomic E-state index is -0.730. The summed E-state index contributed by atoms with van der Waals surface area (Å²) in [4.78, 5) is 18.8. The summed E-state index contributed by atoms with van der Waals surface area (Å²) in [6, 6.07) is 0. The smallest absolute Gasteiger partial charge is 0.159 e. The van der Waals surface area contributed by atoms with Crippen LogP contribution in [0.4, 0.5) is 0 Å². The molecule has 0 aromatic rings. The predicted octanol–water partition coefficient (Wildman–Crippen LogP) is 6.18. The van der Waals surface area contributed by atoms with Crippen LogP contribution in [0.3, 0.4) is 0 Å². The van der Waals surface area contributed by atoms with Crippen LogP contribution in [0.25, 0.3) is 0 Å². The van der Waals surface area contributed by atoms with Gasteiger partial charge in [0.2, 0.25) is 0 Å². The third kappa shape index (κ3) is 3.47. The van der Waals surface area contributed by atoms with Gasteiger partial charge in [-0.25, -0.2) is 4.89 Å². The molecule has 0 heterocycles. The number of rotatable bonds is 6. The molecule has 0 saturated heterocycles. The largest absolute Gasteiger partial charge is 0.393 e. The second-order valence-electron chi connectivity index (χ2n) is 12.4. The molecule has 4 heteroatoms. The third-order valence-corrected chi connectivity index (χ3v) is 10.4. The topological polar surface area (TPSA) is 66.8 Å². The lowest BCUT2D eigenvalue weighted by atomic mass is 9.46. The number of fused-ring (bicyclic) bond motifs is 5. The van der Waals surface area contributed by atoms with E-state index in [1.165, 1.54) is 19.3 Å². The zero-order chi connectivity index (χ0) is 22.6. The molecule has 176 valence electrons. The van der Waals surface area contributed by atoms with E-state index in [1.54, 1.807) is 0 Å². The van der Waals surface area contributed by atoms with Gasteiger partial charge < -0.3 is 5.11 Å². The SMILES string of the molecule is CC(C)CCC[C@@H](C)[C@H]1CC[C@@]2(OO)C3=CC(=O)[C@H]4C[C@@H](O)CC[C@]4(C)[C@H]3CC[C@]12C. The monoisotopic (exact) mass is 432 g/mol. The molecule has 4 rings (SSSR count). The third-order valence-electron chi connectivity index (χ3n) is 10.4. The molecule has 0 aliphatic heterocycles. The Morgan fingerprint density at radius 1 is 1.06 bits per heavy atom. The maximum atomic E-state index is 13.3. The number of carbonyl (C=O) groups is 1. The summed E-state index contributed by atoms with van der Waals surface area (Å²) in [7, 11) is 0. The first-order chi connectivity index (χ1) is 14.6. The lowest BCUT2D eigenvalue weighted by Gasteiger charge is -2.60. The van der Waals surface area contributed by atoms with E-state index < -0.39 is 5.60 Å². The van der Waals surface area contributed by atoms with Gasteiger partial charge in [-0.15, -0.1) is 0 Å². The highest BCUT2D eigenvalue weighted by Gasteiger charge is 2.68. The first kappa shape index (κ1) is 23.4. The van der Waals surface area contributed by atoms with Gasteiger partial charge in [0.1, 0.15) is 5.60 Å². The fraction of sp³-hybridized carbons (Fsp3) is 0.889. The summed E-state index contributed by atoms with van der Waals surface area (Å²) in [5.41, 5.74) is 0.0700. The number of ketones is 1. The minimum absolute atomic E-state index is 0.0998. The van der Waals surface area contributed by atoms with Gasteiger partial charge in [-0.2, -0.15) is 0 Å². The summed E-state index contributed by atoms with van der Waals surface area (Å²) in [5.74, 6) is 2.13. The Morgan fingerprint density at radius 2 is 1.81 bits per heavy atom. The highest BCUT2D eigenvalue weighted by Crippen LogP contribution is 2.69. The van der Waals surface area contributed by atoms with Gasteiger partial charge in [0.15, 0.2) is 5.78 Å². The van der Waals surface area contributed by atoms with Crippen molar-refractivity contribution in [1.82, 2.24) is 0 Å². The van der Waals surface area contributed by atoms with Gasteiger partial charge in [-0.1, -0.05) is 53.9 Å². The van der Waals surface area contributed by atoms with Gasteiger partial charge in [0.05, 0.1) is 6.10 Å². The molecule has 0 bridgehead atoms. The molecule has 31 heavy (non-hydrogen) atoms. The lowest BCUT2D eigenvalue weighted by Crippen LogP contribution is -2.60. The Morgan fingerprint density at radius 3 is 2.48 bits per heavy atom. The van der Waals surface area contributed by atoms with Crippen molar-refractivity contribution in [1.29, 1.82) is 0 Å². The number of hydrogen-bond donors (Lipinski definition) is 2. The molecule has 0 aromatic carbocycles. The van der Waals surface area contributed by atoms with Gasteiger partial charge in [-0.05, 0) is 85.7 Å². The number of aliphatic hydroxyl groups excluding tert-OH is 1. The average molecular weight is 433 g/mol. The van der Waals surface area contributed by atoms with E-state index >= 15 is 0 Å². The molecule has 3 fully saturated rings. The van der Waals surface area contributed by atoms with Crippen LogP contribution in [0.15, 0.2) is 11.6 Å². The highest BCUT2D eigenvalue weighted by molar-refractivity contribution is 5.95. The van der Waals surface area contributed by atoms with Gasteiger partial charge in [-0.3, -0.25) is 10.1 Å². The summed E-state index contributed by atoms with van der Waals surface area (Å²) in [6.07, 6.45) is 11.4. The normalized spacial score (nSPS) is 45.7. The summed E-state index contributed by atoms with van der Waals surface area (Å²) in [6.45, 7) is 11.5. The van der Waals surface area contributed by atoms with Crippen LogP contribution in [-0.2, 0) is 9.68 Å². The molecule has 4 aliphatic carbocycles. The predicted molar refractivity (Wildman–Crippen MR) is 122 cm³/mol. The highest BCUT2D eigenvalue weighted by atomic mass is 17.1. The van der Waals surface area contributed by atoms with Crippen molar-refractivity contribution in [2.75, 3.05) is 0 Å². The second-order valence-corrected chi connectivity index (χ2v) is 12.4. The fourth-order valence-electron chi connectivity index (χ4n) is 8.49. The molecule has 0 aromatic heterocycles. The molecular formula is C27H44O4. The van der Waals surface area contributed by atoms with E-state index in [0.717, 1.165) is 50.0 Å². The molecule has 0 radical (unpaired) electrons. The van der Waals surface area contributed by atoms with Crippen molar-refractivity contribution in [3.63, 3.8) is 0 Å². The van der Waals surface area contributed by atoms with E-state index in [-0.39, 0.29) is 34.6 Å². The first-order valence-electron chi connectivity index (χ1n) is 12.9. The summed E-state index contributed by atoms with van der Waals surface area (Å²) >= 11 is 0. The van der Waals surface area contributed by atoms with Gasteiger partial charge in [0, 0.05) is 11.3 Å². The number of allylic oxidation sites excluding steroid dienone is 1. The van der Waals surface area contributed by atoms with E-state index in [2.05, 4.69) is 34.6 Å². The van der Waals surface area contributed by atoms with Crippen molar-refractivity contribution < 1.29 is 20.0 Å². The Labute approximate surface area is 188 Å². The summed E-state index contributed by atoms with van der Waals surface area (Å²) < 4.78 is 0. The van der Waals surface area contributed by atoms with Crippen LogP contribution in [0.5, 0.6) is 0 Å². The Kier molecular flexibility index (Phi) is 6.24. The van der Waals surface area contributed by atoms with Gasteiger partial charge >= 0.3 is 0 Å². The van der Waals surface area contributed by atoms with Crippen LogP contribution >= 0.6 is 0 Å². The van der Waals surface area contributed by atoms with E-state index in [4.69, 9.17) is 4.89 Å². The van der Waals surface area contributed by atoms with Crippen LogP contribution in [-0.4, -0.2) is 27.9 Å². The maximum absolute atomic E-state index is 13.3. The minimum Gasteiger partial charge on any atom is -0.393 e. The van der Waals surface area contributed by atoms with Crippen molar-refractivity contribution >= 4 is 5.78 Å². The molecular weight excluding hydrogens is 388 g/mol. The quantitative estimate of drug-likeness (QED) is 0.388. The Bertz CT molecular complexity index is 729. The number of hydrogen-bond acceptors (Lipinski definition) is 4. The first-order valence-corrected chi connectivity index (χ1v) is 12.9. The van der Waals surface area contributed by atoms with E-state index in [1.807, 2.05) is 6.08 Å². The molecule has 0 unspecified atom stereocenters. The molecule has 8 atom stereocenters. The van der Waals surface area contributed by atoms with Crippen molar-refractivity contribution in [3.8, 4) is 0 Å². The molecule has 3 saturated carbocycles. The molecule has 4 nitrogen and oxygen atoms in total. The standard InChI is InChI=1S/C27H44O4/c1-17(2)7-6-8-18(3)20-11-14-27(31-30)22-16-24(29)23-15-19(28)9-12-25(23,4)21(22)10-13-26(20,27)5/h16-21,23,28,30H,6-15H2,1-5H3/t18-,19+,20-,21+,23-,25-,26-,27-/m1/s1. The second kappa shape index (κ2) is 8.25. The molecule has 0 amide bonds. The van der Waals surface area contributed by atoms with Crippen molar-refractivity contribution in [2.24, 2.45) is 40.4 Å². The summed E-state index contributed by atoms with van der Waals surface area (Å²) in [5, 5.41) is 20.6. The van der Waals surface area contributed by atoms with Crippen molar-refractivity contribution in [3.05, 3.63) is 11.6 Å². The molecule has 4 aliphatic rings. The molecule has 2 N–H and O–H groups in total. The maximum Gasteiger partial charge on any atom is 0.159 e. The fourth-order valence-corrected chi connectivity index (χ4v) is 8.49. The van der Waals surface area contributed by atoms with Crippen molar-refractivity contribution in [2.45, 2.75) is 111 Å². The lowest BCUT2D eigenvalue weighted by molar-refractivity contribution is -0.345. The van der Waals surface area contributed by atoms with Crippen LogP contribution in [0, 0.1) is 40.4 Å². The average Bonchev–Trinajstić information content (AvgIpc) is 3.02. The zero-order valence-corrected chi connectivity index (χ0v) is 20.3. The van der Waals surface area contributed by atoms with Crippen LogP contribution in [0.1, 0.15) is 98.8 Å².